The molecule has 13 heavy (non-hydrogen) atoms. The summed E-state index contributed by atoms with van der Waals surface area (Å²) in [5, 5.41) is 3.31. The Kier molecular flexibility index (Phi) is 4.02. The van der Waals surface area contributed by atoms with Crippen molar-refractivity contribution in [3.05, 3.63) is 18.1 Å². The first-order valence-corrected chi connectivity index (χ1v) is 5.66. The van der Waals surface area contributed by atoms with Crippen molar-refractivity contribution in [1.82, 2.24) is 9.97 Å². The Bertz CT molecular complexity index is 265. The van der Waals surface area contributed by atoms with Gasteiger partial charge in [0.25, 0.3) is 0 Å². The van der Waals surface area contributed by atoms with E-state index in [4.69, 9.17) is 0 Å². The fourth-order valence-corrected chi connectivity index (χ4v) is 1.66. The summed E-state index contributed by atoms with van der Waals surface area (Å²) in [4.78, 5) is 8.17. The van der Waals surface area contributed by atoms with Gasteiger partial charge in [-0.15, -0.1) is 0 Å². The highest BCUT2D eigenvalue weighted by Crippen LogP contribution is 2.06. The van der Waals surface area contributed by atoms with Crippen molar-refractivity contribution in [1.29, 1.82) is 0 Å². The topological polar surface area (TPSA) is 37.8 Å². The lowest BCUT2D eigenvalue weighted by molar-refractivity contribution is 0.897. The summed E-state index contributed by atoms with van der Waals surface area (Å²) in [6.45, 7) is 4.11. The Morgan fingerprint density at radius 2 is 2.31 bits per heavy atom. The average molecular weight is 197 g/mol. The molecule has 0 aliphatic heterocycles. The van der Waals surface area contributed by atoms with Gasteiger partial charge in [0.2, 0.25) is 0 Å². The molecule has 0 spiro atoms. The molecule has 1 heterocycles. The minimum atomic E-state index is 0.448. The number of hydrogen-bond acceptors (Lipinski definition) is 4. The predicted octanol–water partition coefficient (Wildman–Crippen LogP) is 1.95. The van der Waals surface area contributed by atoms with E-state index in [-0.39, 0.29) is 0 Å². The zero-order valence-electron chi connectivity index (χ0n) is 8.24. The fourth-order valence-electron chi connectivity index (χ4n) is 1.08. The lowest BCUT2D eigenvalue weighted by Crippen LogP contribution is -2.18. The molecule has 0 radical (unpaired) electrons. The number of hydrogen-bond donors (Lipinski definition) is 1. The van der Waals surface area contributed by atoms with Crippen molar-refractivity contribution >= 4 is 17.6 Å². The highest BCUT2D eigenvalue weighted by molar-refractivity contribution is 7.98. The number of anilines is 1. The van der Waals surface area contributed by atoms with Gasteiger partial charge in [0.05, 0.1) is 0 Å². The second-order valence-electron chi connectivity index (χ2n) is 3.05. The Hall–Kier alpha value is -0.770. The third-order valence-electron chi connectivity index (χ3n) is 1.61. The minimum Gasteiger partial charge on any atom is -0.367 e. The summed E-state index contributed by atoms with van der Waals surface area (Å²) in [6.07, 6.45) is 3.69. The molecule has 0 aliphatic carbocycles. The van der Waals surface area contributed by atoms with Crippen molar-refractivity contribution in [2.45, 2.75) is 19.9 Å². The van der Waals surface area contributed by atoms with E-state index < -0.39 is 0 Å². The predicted molar refractivity (Wildman–Crippen MR) is 58.2 cm³/mol. The van der Waals surface area contributed by atoms with Gasteiger partial charge in [-0.25, -0.2) is 9.97 Å². The summed E-state index contributed by atoms with van der Waals surface area (Å²) in [5.41, 5.74) is 0.994. The summed E-state index contributed by atoms with van der Waals surface area (Å²) in [5.74, 6) is 2.00. The van der Waals surface area contributed by atoms with Gasteiger partial charge in [-0.2, -0.15) is 11.8 Å². The van der Waals surface area contributed by atoms with Crippen LogP contribution in [0.15, 0.2) is 12.4 Å². The second kappa shape index (κ2) is 5.07. The SMILES string of the molecule is CSCC(C)Nc1cc(C)ncn1. The van der Waals surface area contributed by atoms with Gasteiger partial charge in [0.15, 0.2) is 0 Å². The van der Waals surface area contributed by atoms with Crippen LogP contribution in [0.1, 0.15) is 12.6 Å². The van der Waals surface area contributed by atoms with E-state index in [0.717, 1.165) is 17.3 Å². The molecule has 0 fully saturated rings. The van der Waals surface area contributed by atoms with Crippen LogP contribution in [0, 0.1) is 6.92 Å². The largest absolute Gasteiger partial charge is 0.367 e. The minimum absolute atomic E-state index is 0.448. The van der Waals surface area contributed by atoms with Crippen LogP contribution in [-0.4, -0.2) is 28.0 Å². The number of rotatable bonds is 4. The van der Waals surface area contributed by atoms with E-state index in [1.54, 1.807) is 6.33 Å². The van der Waals surface area contributed by atoms with E-state index in [1.807, 2.05) is 24.8 Å². The van der Waals surface area contributed by atoms with Gasteiger partial charge in [0, 0.05) is 23.6 Å². The van der Waals surface area contributed by atoms with E-state index in [0.29, 0.717) is 6.04 Å². The Balaban J connectivity index is 2.53. The number of aryl methyl sites for hydroxylation is 1. The van der Waals surface area contributed by atoms with Gasteiger partial charge in [-0.1, -0.05) is 0 Å². The molecule has 1 aromatic rings. The Morgan fingerprint density at radius 3 is 2.92 bits per heavy atom. The van der Waals surface area contributed by atoms with Crippen LogP contribution in [0.25, 0.3) is 0 Å². The highest BCUT2D eigenvalue weighted by atomic mass is 32.2. The molecule has 1 unspecified atom stereocenters. The Morgan fingerprint density at radius 1 is 1.54 bits per heavy atom. The Labute approximate surface area is 83.4 Å². The van der Waals surface area contributed by atoms with Crippen LogP contribution in [-0.2, 0) is 0 Å². The van der Waals surface area contributed by atoms with Crippen molar-refractivity contribution in [3.63, 3.8) is 0 Å². The molecule has 1 rings (SSSR count). The van der Waals surface area contributed by atoms with Gasteiger partial charge in [-0.3, -0.25) is 0 Å². The molecule has 0 saturated heterocycles. The van der Waals surface area contributed by atoms with Gasteiger partial charge in [-0.05, 0) is 20.1 Å². The van der Waals surface area contributed by atoms with Crippen molar-refractivity contribution in [3.8, 4) is 0 Å². The highest BCUT2D eigenvalue weighted by Gasteiger charge is 2.01. The summed E-state index contributed by atoms with van der Waals surface area (Å²) in [6, 6.07) is 2.40. The maximum Gasteiger partial charge on any atom is 0.129 e. The molecular formula is C9H15N3S. The first-order valence-electron chi connectivity index (χ1n) is 4.26. The molecule has 4 heteroatoms. The number of aromatic nitrogens is 2. The summed E-state index contributed by atoms with van der Waals surface area (Å²) >= 11 is 1.83. The van der Waals surface area contributed by atoms with Crippen LogP contribution in [0.2, 0.25) is 0 Å². The number of nitrogens with zero attached hydrogens (tertiary/aromatic N) is 2. The quantitative estimate of drug-likeness (QED) is 0.800. The zero-order chi connectivity index (χ0) is 9.68. The monoisotopic (exact) mass is 197 g/mol. The maximum absolute atomic E-state index is 4.13. The lowest BCUT2D eigenvalue weighted by atomic mass is 10.3. The molecule has 0 amide bonds. The van der Waals surface area contributed by atoms with Crippen molar-refractivity contribution < 1.29 is 0 Å². The van der Waals surface area contributed by atoms with Crippen LogP contribution >= 0.6 is 11.8 Å². The first-order chi connectivity index (χ1) is 6.22. The van der Waals surface area contributed by atoms with Crippen LogP contribution in [0.3, 0.4) is 0 Å². The molecule has 0 saturated carbocycles. The van der Waals surface area contributed by atoms with Crippen LogP contribution in [0.5, 0.6) is 0 Å². The van der Waals surface area contributed by atoms with E-state index in [2.05, 4.69) is 28.5 Å². The van der Waals surface area contributed by atoms with Gasteiger partial charge >= 0.3 is 0 Å². The normalized spacial score (nSPS) is 12.5. The molecule has 0 bridgehead atoms. The van der Waals surface area contributed by atoms with E-state index >= 15 is 0 Å². The third-order valence-corrected chi connectivity index (χ3v) is 2.45. The molecule has 1 aromatic heterocycles. The first kappa shape index (κ1) is 10.3. The fraction of sp³-hybridized carbons (Fsp3) is 0.556. The maximum atomic E-state index is 4.13. The van der Waals surface area contributed by atoms with Gasteiger partial charge in [0.1, 0.15) is 12.1 Å². The summed E-state index contributed by atoms with van der Waals surface area (Å²) in [7, 11) is 0. The second-order valence-corrected chi connectivity index (χ2v) is 3.96. The molecule has 0 aliphatic rings. The molecule has 1 atom stereocenters. The number of nitrogens with one attached hydrogen (secondary N) is 1. The standard InChI is InChI=1S/C9H15N3S/c1-7-4-9(11-6-10-7)12-8(2)5-13-3/h4,6,8H,5H2,1-3H3,(H,10,11,12). The molecule has 3 nitrogen and oxygen atoms in total. The third kappa shape index (κ3) is 3.63. The lowest BCUT2D eigenvalue weighted by Gasteiger charge is -2.12. The van der Waals surface area contributed by atoms with Crippen molar-refractivity contribution in [2.24, 2.45) is 0 Å². The zero-order valence-corrected chi connectivity index (χ0v) is 9.06. The molecular weight excluding hydrogens is 182 g/mol. The summed E-state index contributed by atoms with van der Waals surface area (Å²) < 4.78 is 0. The van der Waals surface area contributed by atoms with E-state index in [9.17, 15) is 0 Å². The molecule has 1 N–H and O–H groups in total. The molecule has 0 aromatic carbocycles. The smallest absolute Gasteiger partial charge is 0.129 e. The average Bonchev–Trinajstić information content (AvgIpc) is 2.04. The van der Waals surface area contributed by atoms with Crippen LogP contribution < -0.4 is 5.32 Å². The van der Waals surface area contributed by atoms with Crippen LogP contribution in [0.4, 0.5) is 5.82 Å². The van der Waals surface area contributed by atoms with Gasteiger partial charge < -0.3 is 5.32 Å². The number of thioether (sulfide) groups is 1. The van der Waals surface area contributed by atoms with Crippen molar-refractivity contribution in [2.75, 3.05) is 17.3 Å². The molecule has 72 valence electrons. The van der Waals surface area contributed by atoms with E-state index in [1.165, 1.54) is 0 Å².